The number of hydrogen-bond donors (Lipinski definition) is 2. The molecule has 0 spiro atoms. The van der Waals surface area contributed by atoms with Crippen molar-refractivity contribution in [2.75, 3.05) is 31.9 Å². The van der Waals surface area contributed by atoms with Crippen molar-refractivity contribution in [1.29, 1.82) is 0 Å². The molecule has 0 unspecified atom stereocenters. The van der Waals surface area contributed by atoms with E-state index < -0.39 is 10.0 Å². The second-order valence-corrected chi connectivity index (χ2v) is 13.4. The van der Waals surface area contributed by atoms with E-state index in [4.69, 9.17) is 0 Å². The fourth-order valence-corrected chi connectivity index (χ4v) is 7.48. The van der Waals surface area contributed by atoms with E-state index in [0.29, 0.717) is 17.8 Å². The number of aromatic nitrogens is 2. The molecule has 3 aliphatic rings. The molecular weight excluding hydrogens is 488 g/mol. The van der Waals surface area contributed by atoms with Crippen LogP contribution in [0.25, 0.3) is 10.9 Å². The largest absolute Gasteiger partial charge is 0.348 e. The molecule has 9 nitrogen and oxygen atoms in total. The predicted octanol–water partition coefficient (Wildman–Crippen LogP) is 2.75. The van der Waals surface area contributed by atoms with Gasteiger partial charge in [0.15, 0.2) is 5.69 Å². The van der Waals surface area contributed by atoms with Crippen molar-refractivity contribution in [3.8, 4) is 0 Å². The van der Waals surface area contributed by atoms with Gasteiger partial charge in [-0.05, 0) is 71.9 Å². The molecule has 204 valence electrons. The quantitative estimate of drug-likeness (QED) is 0.517. The summed E-state index contributed by atoms with van der Waals surface area (Å²) in [6, 6.07) is 9.34. The van der Waals surface area contributed by atoms with Crippen LogP contribution in [0.4, 0.5) is 0 Å². The highest BCUT2D eigenvalue weighted by atomic mass is 32.2. The summed E-state index contributed by atoms with van der Waals surface area (Å²) in [5.41, 5.74) is 1.53. The highest BCUT2D eigenvalue weighted by Gasteiger charge is 2.41. The summed E-state index contributed by atoms with van der Waals surface area (Å²) in [6.45, 7) is 9.65. The fraction of sp³-hybridized carbons (Fsp3) is 0.704. The minimum atomic E-state index is -3.16. The molecule has 5 rings (SSSR count). The molecule has 2 N–H and O–H groups in total. The van der Waals surface area contributed by atoms with Crippen LogP contribution in [-0.2, 0) is 10.0 Å². The Hall–Kier alpha value is -2.01. The first-order valence-corrected chi connectivity index (χ1v) is 15.7. The summed E-state index contributed by atoms with van der Waals surface area (Å²) in [4.78, 5) is 18.4. The third-order valence-electron chi connectivity index (χ3n) is 8.44. The summed E-state index contributed by atoms with van der Waals surface area (Å²) in [6.07, 6.45) is 6.26. The number of rotatable bonds is 9. The summed E-state index contributed by atoms with van der Waals surface area (Å²) in [7, 11) is -3.16. The molecule has 1 aromatic heterocycles. The van der Waals surface area contributed by atoms with E-state index >= 15 is 0 Å². The first-order valence-electron chi connectivity index (χ1n) is 14.0. The summed E-state index contributed by atoms with van der Waals surface area (Å²) < 4.78 is 28.8. The third-order valence-corrected chi connectivity index (χ3v) is 9.90. The number of likely N-dealkylation sites (tertiary alicyclic amines) is 1. The van der Waals surface area contributed by atoms with Crippen LogP contribution in [0, 0.1) is 0 Å². The topological polar surface area (TPSA) is 99.6 Å². The molecule has 10 heteroatoms. The van der Waals surface area contributed by atoms with Gasteiger partial charge in [0, 0.05) is 55.2 Å². The standard InChI is InChI=1S/C27H42N6O3S/c1-4-37(35,36)30-20-8-7-13-31(18-20)14-15-32-22-11-12-23(32)17-21(16-22)28-27(34)26-24-9-5-6-10-25(24)33(29-26)19(2)3/h5-6,9-10,19-23,30H,4,7-8,11-18H2,1-3H3,(H,28,34)/t20-,21-,22-,23+/m0/s1. The number of hydrogen-bond acceptors (Lipinski definition) is 6. The van der Waals surface area contributed by atoms with Crippen LogP contribution >= 0.6 is 0 Å². The second kappa shape index (κ2) is 11.0. The first kappa shape index (κ1) is 26.6. The van der Waals surface area contributed by atoms with Crippen molar-refractivity contribution in [1.82, 2.24) is 29.6 Å². The van der Waals surface area contributed by atoms with Crippen molar-refractivity contribution in [2.45, 2.75) is 89.5 Å². The predicted molar refractivity (Wildman–Crippen MR) is 146 cm³/mol. The number of nitrogens with zero attached hydrogens (tertiary/aromatic N) is 4. The number of amides is 1. The minimum absolute atomic E-state index is 0.0200. The van der Waals surface area contributed by atoms with Crippen molar-refractivity contribution >= 4 is 26.8 Å². The monoisotopic (exact) mass is 530 g/mol. The molecule has 2 aromatic rings. The molecule has 37 heavy (non-hydrogen) atoms. The number of fused-ring (bicyclic) bond motifs is 3. The molecule has 1 aromatic carbocycles. The van der Waals surface area contributed by atoms with Crippen LogP contribution in [0.2, 0.25) is 0 Å². The Balaban J connectivity index is 1.16. The lowest BCUT2D eigenvalue weighted by molar-refractivity contribution is 0.0785. The maximum Gasteiger partial charge on any atom is 0.272 e. The van der Waals surface area contributed by atoms with E-state index in [-0.39, 0.29) is 29.8 Å². The van der Waals surface area contributed by atoms with Gasteiger partial charge >= 0.3 is 0 Å². The Morgan fingerprint density at radius 3 is 2.51 bits per heavy atom. The van der Waals surface area contributed by atoms with E-state index in [1.807, 2.05) is 28.9 Å². The van der Waals surface area contributed by atoms with E-state index in [1.54, 1.807) is 6.92 Å². The molecule has 0 radical (unpaired) electrons. The van der Waals surface area contributed by atoms with Gasteiger partial charge in [0.1, 0.15) is 0 Å². The Labute approximate surface area is 221 Å². The van der Waals surface area contributed by atoms with Crippen molar-refractivity contribution < 1.29 is 13.2 Å². The van der Waals surface area contributed by atoms with E-state index in [9.17, 15) is 13.2 Å². The van der Waals surface area contributed by atoms with Gasteiger partial charge in [0.25, 0.3) is 5.91 Å². The van der Waals surface area contributed by atoms with Gasteiger partial charge in [-0.15, -0.1) is 0 Å². The number of para-hydroxylation sites is 1. The molecule has 3 saturated heterocycles. The highest BCUT2D eigenvalue weighted by molar-refractivity contribution is 7.89. The molecule has 0 saturated carbocycles. The Kier molecular flexibility index (Phi) is 7.91. The third kappa shape index (κ3) is 5.87. The number of benzene rings is 1. The van der Waals surface area contributed by atoms with Gasteiger partial charge in [-0.3, -0.25) is 14.4 Å². The zero-order valence-electron chi connectivity index (χ0n) is 22.4. The van der Waals surface area contributed by atoms with Gasteiger partial charge in [-0.25, -0.2) is 13.1 Å². The molecule has 3 fully saturated rings. The SMILES string of the molecule is CCS(=O)(=O)N[C@H]1CCCN(CCN2[C@@H]3CC[C@H]2C[C@H](NC(=O)c2nn(C(C)C)c4ccccc24)C3)C1. The lowest BCUT2D eigenvalue weighted by atomic mass is 9.97. The summed E-state index contributed by atoms with van der Waals surface area (Å²) in [5, 5.41) is 8.92. The molecule has 4 heterocycles. The average Bonchev–Trinajstić information content (AvgIpc) is 3.37. The zero-order chi connectivity index (χ0) is 26.2. The Bertz CT molecular complexity index is 1200. The number of piperidine rings is 2. The molecule has 0 aliphatic carbocycles. The molecular formula is C27H42N6O3S. The van der Waals surface area contributed by atoms with Crippen LogP contribution in [0.3, 0.4) is 0 Å². The summed E-state index contributed by atoms with van der Waals surface area (Å²) >= 11 is 0. The number of nitrogens with one attached hydrogen (secondary N) is 2. The number of sulfonamides is 1. The fourth-order valence-electron chi connectivity index (χ4n) is 6.61. The summed E-state index contributed by atoms with van der Waals surface area (Å²) in [5.74, 6) is 0.0658. The smallest absolute Gasteiger partial charge is 0.272 e. The number of carbonyl (C=O) groups excluding carboxylic acids is 1. The maximum atomic E-state index is 13.3. The van der Waals surface area contributed by atoms with Gasteiger partial charge < -0.3 is 10.2 Å². The van der Waals surface area contributed by atoms with E-state index in [0.717, 1.165) is 62.8 Å². The minimum Gasteiger partial charge on any atom is -0.348 e. The van der Waals surface area contributed by atoms with Crippen LogP contribution in [0.1, 0.15) is 75.8 Å². The van der Waals surface area contributed by atoms with Crippen molar-refractivity contribution in [3.05, 3.63) is 30.0 Å². The molecule has 2 bridgehead atoms. The highest BCUT2D eigenvalue weighted by Crippen LogP contribution is 2.36. The lowest BCUT2D eigenvalue weighted by Gasteiger charge is -2.41. The molecule has 4 atom stereocenters. The van der Waals surface area contributed by atoms with Gasteiger partial charge in [0.05, 0.1) is 11.3 Å². The van der Waals surface area contributed by atoms with Crippen LogP contribution in [-0.4, -0.2) is 90.0 Å². The molecule has 1 amide bonds. The molecule has 3 aliphatic heterocycles. The van der Waals surface area contributed by atoms with Gasteiger partial charge in [-0.2, -0.15) is 5.10 Å². The van der Waals surface area contributed by atoms with Crippen LogP contribution in [0.15, 0.2) is 24.3 Å². The number of carbonyl (C=O) groups is 1. The van der Waals surface area contributed by atoms with E-state index in [1.165, 1.54) is 12.8 Å². The maximum absolute atomic E-state index is 13.3. The lowest BCUT2D eigenvalue weighted by Crippen LogP contribution is -2.53. The van der Waals surface area contributed by atoms with Crippen molar-refractivity contribution in [2.24, 2.45) is 0 Å². The second-order valence-electron chi connectivity index (χ2n) is 11.3. The van der Waals surface area contributed by atoms with Crippen LogP contribution in [0.5, 0.6) is 0 Å². The average molecular weight is 531 g/mol. The van der Waals surface area contributed by atoms with Crippen LogP contribution < -0.4 is 10.0 Å². The Morgan fingerprint density at radius 1 is 1.08 bits per heavy atom. The zero-order valence-corrected chi connectivity index (χ0v) is 23.2. The van der Waals surface area contributed by atoms with E-state index in [2.05, 4.69) is 38.8 Å². The normalized spacial score (nSPS) is 27.2. The first-order chi connectivity index (χ1) is 17.7. The van der Waals surface area contributed by atoms with Gasteiger partial charge in [0.2, 0.25) is 10.0 Å². The van der Waals surface area contributed by atoms with Gasteiger partial charge in [-0.1, -0.05) is 18.2 Å². The van der Waals surface area contributed by atoms with Crippen molar-refractivity contribution in [3.63, 3.8) is 0 Å². The Morgan fingerprint density at radius 2 is 1.81 bits per heavy atom.